The fourth-order valence-electron chi connectivity index (χ4n) is 5.70. The Balaban J connectivity index is 1.35. The second-order valence-corrected chi connectivity index (χ2v) is 11.4. The molecule has 0 unspecified atom stereocenters. The Morgan fingerprint density at radius 3 is 2.11 bits per heavy atom. The fourth-order valence-corrected chi connectivity index (χ4v) is 5.70. The van der Waals surface area contributed by atoms with Crippen LogP contribution in [0.15, 0.2) is 17.9 Å². The monoisotopic (exact) mass is 485 g/mol. The minimum atomic E-state index is -0.948. The molecular formula is C28H39NO6. The molecule has 192 valence electrons. The number of piperidine rings is 1. The van der Waals surface area contributed by atoms with Crippen LogP contribution in [0.5, 0.6) is 0 Å². The SMILES string of the molecule is Cc1cc(C)c(C2=C(O)[C@]3(CC[C@H](OC4CCN(C(=O)OC(C)(C)C)CC4)CC3)OC2=O)c(C)c1. The van der Waals surface area contributed by atoms with Gasteiger partial charge in [-0.15, -0.1) is 0 Å². The third kappa shape index (κ3) is 5.35. The van der Waals surface area contributed by atoms with E-state index >= 15 is 0 Å². The molecule has 2 aliphatic heterocycles. The molecule has 1 spiro atoms. The fraction of sp³-hybridized carbons (Fsp3) is 0.643. The van der Waals surface area contributed by atoms with Crippen LogP contribution in [0.25, 0.3) is 5.57 Å². The van der Waals surface area contributed by atoms with Gasteiger partial charge in [-0.05, 0) is 96.8 Å². The van der Waals surface area contributed by atoms with Gasteiger partial charge < -0.3 is 24.2 Å². The molecule has 1 saturated heterocycles. The average Bonchev–Trinajstić information content (AvgIpc) is 2.98. The van der Waals surface area contributed by atoms with Crippen LogP contribution in [0, 0.1) is 20.8 Å². The number of esters is 1. The molecule has 2 heterocycles. The van der Waals surface area contributed by atoms with Gasteiger partial charge in [0.05, 0.1) is 12.2 Å². The number of hydrogen-bond donors (Lipinski definition) is 1. The third-order valence-electron chi connectivity index (χ3n) is 7.31. The van der Waals surface area contributed by atoms with Gasteiger partial charge in [0.1, 0.15) is 11.2 Å². The number of aliphatic hydroxyl groups is 1. The highest BCUT2D eigenvalue weighted by Gasteiger charge is 2.51. The van der Waals surface area contributed by atoms with Gasteiger partial charge in [-0.1, -0.05) is 17.7 Å². The Morgan fingerprint density at radius 1 is 1.03 bits per heavy atom. The molecule has 1 aliphatic carbocycles. The van der Waals surface area contributed by atoms with Crippen molar-refractivity contribution in [1.82, 2.24) is 4.90 Å². The molecule has 2 fully saturated rings. The number of benzene rings is 1. The lowest BCUT2D eigenvalue weighted by molar-refractivity contribution is -0.154. The van der Waals surface area contributed by atoms with Crippen molar-refractivity contribution in [2.75, 3.05) is 13.1 Å². The van der Waals surface area contributed by atoms with Crippen LogP contribution in [0.2, 0.25) is 0 Å². The summed E-state index contributed by atoms with van der Waals surface area (Å²) in [6.07, 6.45) is 3.93. The zero-order valence-corrected chi connectivity index (χ0v) is 21.9. The Kier molecular flexibility index (Phi) is 6.93. The molecule has 1 N–H and O–H groups in total. The second kappa shape index (κ2) is 9.49. The summed E-state index contributed by atoms with van der Waals surface area (Å²) in [4.78, 5) is 26.9. The van der Waals surface area contributed by atoms with E-state index in [9.17, 15) is 14.7 Å². The molecule has 0 bridgehead atoms. The van der Waals surface area contributed by atoms with Crippen molar-refractivity contribution in [1.29, 1.82) is 0 Å². The molecular weight excluding hydrogens is 446 g/mol. The molecule has 3 aliphatic rings. The quantitative estimate of drug-likeness (QED) is 0.566. The first-order valence-corrected chi connectivity index (χ1v) is 12.8. The van der Waals surface area contributed by atoms with Crippen molar-refractivity contribution in [3.63, 3.8) is 0 Å². The van der Waals surface area contributed by atoms with Crippen molar-refractivity contribution in [3.05, 3.63) is 40.1 Å². The summed E-state index contributed by atoms with van der Waals surface area (Å²) in [6.45, 7) is 12.8. The third-order valence-corrected chi connectivity index (χ3v) is 7.31. The first kappa shape index (κ1) is 25.5. The topological polar surface area (TPSA) is 85.3 Å². The number of likely N-dealkylation sites (tertiary alicyclic amines) is 1. The van der Waals surface area contributed by atoms with Gasteiger partial charge in [0.2, 0.25) is 0 Å². The van der Waals surface area contributed by atoms with Crippen molar-refractivity contribution in [2.45, 2.75) is 103 Å². The van der Waals surface area contributed by atoms with E-state index in [0.717, 1.165) is 35.1 Å². The normalized spacial score (nSPS) is 25.8. The summed E-state index contributed by atoms with van der Waals surface area (Å²) in [5, 5.41) is 11.2. The Hall–Kier alpha value is -2.54. The molecule has 35 heavy (non-hydrogen) atoms. The molecule has 1 amide bonds. The predicted octanol–water partition coefficient (Wildman–Crippen LogP) is 5.54. The van der Waals surface area contributed by atoms with Crippen LogP contribution < -0.4 is 0 Å². The van der Waals surface area contributed by atoms with Crippen LogP contribution in [-0.2, 0) is 19.0 Å². The maximum atomic E-state index is 12.9. The van der Waals surface area contributed by atoms with Gasteiger partial charge in [-0.25, -0.2) is 9.59 Å². The van der Waals surface area contributed by atoms with Gasteiger partial charge in [0.15, 0.2) is 11.4 Å². The Bertz CT molecular complexity index is 997. The highest BCUT2D eigenvalue weighted by Crippen LogP contribution is 2.47. The van der Waals surface area contributed by atoms with E-state index < -0.39 is 17.2 Å². The van der Waals surface area contributed by atoms with Crippen molar-refractivity contribution < 1.29 is 28.9 Å². The largest absolute Gasteiger partial charge is 0.507 e. The van der Waals surface area contributed by atoms with Crippen molar-refractivity contribution >= 4 is 17.6 Å². The minimum Gasteiger partial charge on any atom is -0.507 e. The molecule has 1 saturated carbocycles. The number of aryl methyl sites for hydroxylation is 3. The van der Waals surface area contributed by atoms with E-state index in [1.54, 1.807) is 4.90 Å². The molecule has 0 radical (unpaired) electrons. The van der Waals surface area contributed by atoms with Crippen LogP contribution in [-0.4, -0.2) is 58.6 Å². The smallest absolute Gasteiger partial charge is 0.410 e. The van der Waals surface area contributed by atoms with E-state index in [-0.39, 0.29) is 24.1 Å². The zero-order chi connectivity index (χ0) is 25.5. The van der Waals surface area contributed by atoms with Crippen LogP contribution in [0.3, 0.4) is 0 Å². The summed E-state index contributed by atoms with van der Waals surface area (Å²) in [7, 11) is 0. The number of nitrogens with zero attached hydrogens (tertiary/aromatic N) is 1. The summed E-state index contributed by atoms with van der Waals surface area (Å²) >= 11 is 0. The van der Waals surface area contributed by atoms with Crippen LogP contribution >= 0.6 is 0 Å². The van der Waals surface area contributed by atoms with Gasteiger partial charge in [0.25, 0.3) is 0 Å². The first-order chi connectivity index (χ1) is 16.4. The van der Waals surface area contributed by atoms with E-state index in [2.05, 4.69) is 0 Å². The van der Waals surface area contributed by atoms with E-state index in [1.807, 2.05) is 53.7 Å². The minimum absolute atomic E-state index is 0.0529. The van der Waals surface area contributed by atoms with Crippen LogP contribution in [0.1, 0.15) is 81.5 Å². The summed E-state index contributed by atoms with van der Waals surface area (Å²) in [5.74, 6) is -0.367. The Morgan fingerprint density at radius 2 is 1.57 bits per heavy atom. The van der Waals surface area contributed by atoms with E-state index in [1.165, 1.54) is 0 Å². The van der Waals surface area contributed by atoms with Gasteiger partial charge in [0, 0.05) is 13.1 Å². The highest BCUT2D eigenvalue weighted by molar-refractivity contribution is 6.20. The standard InChI is InChI=1S/C28H39NO6/c1-17-15-18(2)22(19(3)16-17)23-24(30)28(34-25(23)31)11-7-20(8-12-28)33-21-9-13-29(14-10-21)26(32)35-27(4,5)6/h15-16,20-21,30H,7-14H2,1-6H3/t20-,28+. The molecule has 7 heteroatoms. The molecule has 1 aromatic rings. The first-order valence-electron chi connectivity index (χ1n) is 12.8. The number of rotatable bonds is 3. The molecule has 0 aromatic heterocycles. The second-order valence-electron chi connectivity index (χ2n) is 11.4. The number of hydrogen-bond acceptors (Lipinski definition) is 6. The summed E-state index contributed by atoms with van der Waals surface area (Å²) < 4.78 is 17.7. The Labute approximate surface area is 208 Å². The maximum absolute atomic E-state index is 12.9. The lowest BCUT2D eigenvalue weighted by Crippen LogP contribution is -2.45. The van der Waals surface area contributed by atoms with Crippen molar-refractivity contribution in [2.24, 2.45) is 0 Å². The van der Waals surface area contributed by atoms with E-state index in [0.29, 0.717) is 44.3 Å². The number of aliphatic hydroxyl groups excluding tert-OH is 1. The molecule has 0 atom stereocenters. The van der Waals surface area contributed by atoms with Gasteiger partial charge >= 0.3 is 12.1 Å². The lowest BCUT2D eigenvalue weighted by Gasteiger charge is -2.39. The summed E-state index contributed by atoms with van der Waals surface area (Å²) in [5.41, 5.74) is 2.71. The maximum Gasteiger partial charge on any atom is 0.410 e. The van der Waals surface area contributed by atoms with Crippen molar-refractivity contribution in [3.8, 4) is 0 Å². The highest BCUT2D eigenvalue weighted by atomic mass is 16.6. The zero-order valence-electron chi connectivity index (χ0n) is 21.9. The number of amides is 1. The molecule has 7 nitrogen and oxygen atoms in total. The van der Waals surface area contributed by atoms with Gasteiger partial charge in [-0.2, -0.15) is 0 Å². The van der Waals surface area contributed by atoms with Gasteiger partial charge in [-0.3, -0.25) is 0 Å². The molecule has 4 rings (SSSR count). The predicted molar refractivity (Wildman–Crippen MR) is 133 cm³/mol. The lowest BCUT2D eigenvalue weighted by atomic mass is 9.80. The van der Waals surface area contributed by atoms with Crippen LogP contribution in [0.4, 0.5) is 4.79 Å². The number of ether oxygens (including phenoxy) is 3. The average molecular weight is 486 g/mol. The number of carbonyl (C=O) groups excluding carboxylic acids is 2. The van der Waals surface area contributed by atoms with E-state index in [4.69, 9.17) is 14.2 Å². The molecule has 1 aromatic carbocycles. The number of carbonyl (C=O) groups is 2. The summed E-state index contributed by atoms with van der Waals surface area (Å²) in [6, 6.07) is 4.06.